The van der Waals surface area contributed by atoms with E-state index in [9.17, 15) is 9.59 Å². The molecule has 3 nitrogen and oxygen atoms in total. The molecule has 0 saturated carbocycles. The molecule has 0 spiro atoms. The van der Waals surface area contributed by atoms with E-state index in [1.54, 1.807) is 6.08 Å². The topological polar surface area (TPSA) is 37.4 Å². The number of benzene rings is 6. The third kappa shape index (κ3) is 3.61. The molecule has 0 atom stereocenters. The van der Waals surface area contributed by atoms with E-state index >= 15 is 0 Å². The van der Waals surface area contributed by atoms with Gasteiger partial charge in [-0.2, -0.15) is 0 Å². The first kappa shape index (κ1) is 25.4. The molecule has 1 heterocycles. The highest BCUT2D eigenvalue weighted by molar-refractivity contribution is 6.40. The molecular weight excluding hydrogens is 526 g/mol. The van der Waals surface area contributed by atoms with Crippen LogP contribution in [0.3, 0.4) is 0 Å². The highest BCUT2D eigenvalue weighted by Crippen LogP contribution is 2.55. The lowest BCUT2D eigenvalue weighted by Gasteiger charge is -2.29. The Kier molecular flexibility index (Phi) is 5.39. The summed E-state index contributed by atoms with van der Waals surface area (Å²) in [7, 11) is 0. The Bertz CT molecular complexity index is 2210. The van der Waals surface area contributed by atoms with E-state index in [0.717, 1.165) is 44.2 Å². The van der Waals surface area contributed by atoms with Crippen molar-refractivity contribution in [3.8, 4) is 0 Å². The quantitative estimate of drug-likeness (QED) is 0.158. The maximum Gasteiger partial charge on any atom is 0.197 e. The summed E-state index contributed by atoms with van der Waals surface area (Å²) in [4.78, 5) is 29.7. The predicted molar refractivity (Wildman–Crippen MR) is 177 cm³/mol. The van der Waals surface area contributed by atoms with Crippen LogP contribution in [0.25, 0.3) is 32.3 Å². The number of fused-ring (bicyclic) bond motifs is 6. The average molecular weight is 556 g/mol. The van der Waals surface area contributed by atoms with Gasteiger partial charge in [0.1, 0.15) is 0 Å². The van der Waals surface area contributed by atoms with Crippen LogP contribution in [-0.2, 0) is 5.41 Å². The molecule has 8 rings (SSSR count). The van der Waals surface area contributed by atoms with Gasteiger partial charge in [0.05, 0.1) is 16.9 Å². The Labute approximate surface area is 250 Å². The van der Waals surface area contributed by atoms with Gasteiger partial charge >= 0.3 is 0 Å². The summed E-state index contributed by atoms with van der Waals surface area (Å²) in [5, 5.41) is 6.63. The minimum absolute atomic E-state index is 0.212. The van der Waals surface area contributed by atoms with Crippen molar-refractivity contribution in [3.63, 3.8) is 0 Å². The van der Waals surface area contributed by atoms with Crippen molar-refractivity contribution in [2.45, 2.75) is 26.2 Å². The van der Waals surface area contributed by atoms with Crippen LogP contribution >= 0.6 is 0 Å². The van der Waals surface area contributed by atoms with E-state index in [-0.39, 0.29) is 17.1 Å². The summed E-state index contributed by atoms with van der Waals surface area (Å²) in [6.45, 7) is 6.63. The van der Waals surface area contributed by atoms with Gasteiger partial charge in [0.25, 0.3) is 0 Å². The maximum absolute atomic E-state index is 13.7. The third-order valence-corrected chi connectivity index (χ3v) is 9.25. The van der Waals surface area contributed by atoms with Crippen molar-refractivity contribution < 1.29 is 9.59 Å². The van der Waals surface area contributed by atoms with Gasteiger partial charge in [0, 0.05) is 27.6 Å². The van der Waals surface area contributed by atoms with Crippen molar-refractivity contribution in [2.24, 2.45) is 0 Å². The summed E-state index contributed by atoms with van der Waals surface area (Å²) in [6.07, 6.45) is 3.76. The van der Waals surface area contributed by atoms with Crippen LogP contribution < -0.4 is 4.90 Å². The first-order valence-corrected chi connectivity index (χ1v) is 14.7. The average Bonchev–Trinajstić information content (AvgIpc) is 3.39. The van der Waals surface area contributed by atoms with E-state index < -0.39 is 5.41 Å². The molecule has 0 unspecified atom stereocenters. The Hall–Kier alpha value is -5.28. The fourth-order valence-corrected chi connectivity index (χ4v) is 7.15. The second kappa shape index (κ2) is 9.11. The summed E-state index contributed by atoms with van der Waals surface area (Å²) in [5.41, 5.74) is 6.40. The largest absolute Gasteiger partial charge is 0.312 e. The summed E-state index contributed by atoms with van der Waals surface area (Å²) >= 11 is 0. The number of carbonyl (C=O) groups is 2. The number of allylic oxidation sites excluding steroid dienone is 4. The van der Waals surface area contributed by atoms with Gasteiger partial charge in [-0.05, 0) is 75.3 Å². The number of ketones is 2. The van der Waals surface area contributed by atoms with Gasteiger partial charge in [-0.3, -0.25) is 9.59 Å². The van der Waals surface area contributed by atoms with Crippen LogP contribution in [0.4, 0.5) is 11.4 Å². The molecule has 0 aromatic heterocycles. The number of nitrogens with zero attached hydrogens (tertiary/aromatic N) is 1. The number of rotatable bonds is 2. The molecule has 1 aliphatic carbocycles. The minimum Gasteiger partial charge on any atom is -0.312 e. The molecule has 0 N–H and O–H groups in total. The van der Waals surface area contributed by atoms with Crippen LogP contribution in [0.5, 0.6) is 0 Å². The van der Waals surface area contributed by atoms with Crippen molar-refractivity contribution in [1.82, 2.24) is 0 Å². The highest BCUT2D eigenvalue weighted by Gasteiger charge is 2.43. The van der Waals surface area contributed by atoms with Crippen molar-refractivity contribution >= 4 is 55.3 Å². The monoisotopic (exact) mass is 555 g/mol. The molecule has 0 radical (unpaired) electrons. The number of anilines is 2. The molecule has 0 amide bonds. The zero-order valence-electron chi connectivity index (χ0n) is 24.3. The zero-order chi connectivity index (χ0) is 29.5. The summed E-state index contributed by atoms with van der Waals surface area (Å²) < 4.78 is 0. The van der Waals surface area contributed by atoms with Crippen LogP contribution in [-0.4, -0.2) is 11.6 Å². The highest BCUT2D eigenvalue weighted by atomic mass is 16.2. The Morgan fingerprint density at radius 2 is 1.14 bits per heavy atom. The first-order chi connectivity index (χ1) is 20.8. The molecule has 6 aromatic rings. The Morgan fingerprint density at radius 3 is 1.79 bits per heavy atom. The molecule has 0 fully saturated rings. The second-order valence-electron chi connectivity index (χ2n) is 12.1. The van der Waals surface area contributed by atoms with Gasteiger partial charge in [-0.15, -0.1) is 0 Å². The Morgan fingerprint density at radius 1 is 0.605 bits per heavy atom. The molecule has 6 aromatic carbocycles. The lowest BCUT2D eigenvalue weighted by molar-refractivity contribution is 0.0988. The standard InChI is InChI=1S/C40H29NO2/c1-24-16-17-26-11-7-9-15-30(26)37(24)41-34-20-18-25-10-6-8-14-29(25)36(34)40(2,3)35(41)21-19-31-38(42)32-22-27-12-4-5-13-28(27)23-33(32)39(31)43/h4-23H,1-3H3/b35-21+. The molecule has 0 saturated heterocycles. The normalized spacial score (nSPS) is 16.5. The smallest absolute Gasteiger partial charge is 0.197 e. The van der Waals surface area contributed by atoms with E-state index in [2.05, 4.69) is 98.5 Å². The lowest BCUT2D eigenvalue weighted by atomic mass is 9.81. The minimum atomic E-state index is -0.414. The maximum atomic E-state index is 13.7. The van der Waals surface area contributed by atoms with Crippen molar-refractivity contribution in [2.75, 3.05) is 4.90 Å². The molecule has 43 heavy (non-hydrogen) atoms. The van der Waals surface area contributed by atoms with Gasteiger partial charge in [0.15, 0.2) is 11.6 Å². The molecule has 3 heteroatoms. The molecule has 2 aliphatic rings. The summed E-state index contributed by atoms with van der Waals surface area (Å²) in [5.74, 6) is -0.427. The molecular formula is C40H29NO2. The Balaban J connectivity index is 1.37. The zero-order valence-corrected chi connectivity index (χ0v) is 24.3. The van der Waals surface area contributed by atoms with Crippen LogP contribution in [0.15, 0.2) is 133 Å². The molecule has 206 valence electrons. The molecule has 1 aliphatic heterocycles. The SMILES string of the molecule is Cc1ccc2ccccc2c1N1/C(=C/C=C2C(=O)c3cc4ccccc4cc3C2=O)C(C)(C)c2c1ccc1ccccc21. The van der Waals surface area contributed by atoms with E-state index in [0.29, 0.717) is 11.1 Å². The summed E-state index contributed by atoms with van der Waals surface area (Å²) in [6, 6.07) is 37.3. The fraction of sp³-hybridized carbons (Fsp3) is 0.100. The number of aryl methyl sites for hydroxylation is 1. The van der Waals surface area contributed by atoms with E-state index in [1.165, 1.54) is 16.3 Å². The van der Waals surface area contributed by atoms with E-state index in [4.69, 9.17) is 0 Å². The number of carbonyl (C=O) groups excluding carboxylic acids is 2. The number of hydrogen-bond acceptors (Lipinski definition) is 3. The lowest BCUT2D eigenvalue weighted by Crippen LogP contribution is -2.23. The van der Waals surface area contributed by atoms with Gasteiger partial charge in [-0.1, -0.05) is 105 Å². The van der Waals surface area contributed by atoms with Crippen molar-refractivity contribution in [3.05, 3.63) is 155 Å². The van der Waals surface area contributed by atoms with Crippen LogP contribution in [0.2, 0.25) is 0 Å². The van der Waals surface area contributed by atoms with Gasteiger partial charge in [0.2, 0.25) is 0 Å². The van der Waals surface area contributed by atoms with E-state index in [1.807, 2.05) is 42.5 Å². The fourth-order valence-electron chi connectivity index (χ4n) is 7.15. The van der Waals surface area contributed by atoms with Gasteiger partial charge < -0.3 is 4.90 Å². The molecule has 0 bridgehead atoms. The van der Waals surface area contributed by atoms with Crippen molar-refractivity contribution in [1.29, 1.82) is 0 Å². The first-order valence-electron chi connectivity index (χ1n) is 14.7. The van der Waals surface area contributed by atoms with Crippen LogP contribution in [0, 0.1) is 6.92 Å². The number of hydrogen-bond donors (Lipinski definition) is 0. The third-order valence-electron chi connectivity index (χ3n) is 9.25. The van der Waals surface area contributed by atoms with Gasteiger partial charge in [-0.25, -0.2) is 0 Å². The van der Waals surface area contributed by atoms with Crippen LogP contribution in [0.1, 0.15) is 45.7 Å². The second-order valence-corrected chi connectivity index (χ2v) is 12.1. The predicted octanol–water partition coefficient (Wildman–Crippen LogP) is 9.77. The number of Topliss-reactive ketones (excluding diaryl/α,β-unsaturated/α-hetero) is 2.